The molecule has 0 amide bonds. The van der Waals surface area contributed by atoms with Crippen LogP contribution in [0, 0.1) is 0 Å². The molecule has 0 aliphatic carbocycles. The van der Waals surface area contributed by atoms with Gasteiger partial charge in [0.1, 0.15) is 0 Å². The number of rotatable bonds is 2. The average Bonchev–Trinajstić information content (AvgIpc) is 2.47. The third kappa shape index (κ3) is 2.17. The second kappa shape index (κ2) is 5.02. The fourth-order valence-electron chi connectivity index (χ4n) is 2.41. The third-order valence-corrected chi connectivity index (χ3v) is 3.63. The van der Waals surface area contributed by atoms with Crippen LogP contribution in [0.5, 0.6) is 0 Å². The number of benzene rings is 3. The highest BCUT2D eigenvalue weighted by Crippen LogP contribution is 2.30. The maximum Gasteiger partial charge on any atom is 0.341 e. The van der Waals surface area contributed by atoms with Gasteiger partial charge in [-0.2, -0.15) is 0 Å². The van der Waals surface area contributed by atoms with Gasteiger partial charge in [-0.25, -0.2) is 4.79 Å². The maximum absolute atomic E-state index is 11.0. The largest absolute Gasteiger partial charge is 0.477 e. The molecule has 0 saturated heterocycles. The van der Waals surface area contributed by atoms with Crippen molar-refractivity contribution >= 4 is 46.2 Å². The molecule has 2 nitrogen and oxygen atoms in total. The molecular weight excluding hydrogens is 268 g/mol. The van der Waals surface area contributed by atoms with Crippen molar-refractivity contribution in [2.45, 2.75) is 0 Å². The Morgan fingerprint density at radius 2 is 1.55 bits per heavy atom. The minimum Gasteiger partial charge on any atom is -0.477 e. The van der Waals surface area contributed by atoms with E-state index in [-0.39, 0.29) is 4.91 Å². The van der Waals surface area contributed by atoms with Crippen LogP contribution in [0.1, 0.15) is 5.56 Å². The van der Waals surface area contributed by atoms with E-state index in [1.54, 1.807) is 6.08 Å². The highest BCUT2D eigenvalue weighted by molar-refractivity contribution is 7.85. The van der Waals surface area contributed by atoms with E-state index < -0.39 is 5.97 Å². The molecule has 3 aromatic carbocycles. The molecule has 0 heterocycles. The highest BCUT2D eigenvalue weighted by atomic mass is 32.1. The van der Waals surface area contributed by atoms with Crippen LogP contribution < -0.4 is 0 Å². The number of aliphatic carboxylic acids is 1. The lowest BCUT2D eigenvalue weighted by atomic mass is 9.97. The van der Waals surface area contributed by atoms with Crippen LogP contribution in [-0.4, -0.2) is 11.1 Å². The van der Waals surface area contributed by atoms with E-state index >= 15 is 0 Å². The Kier molecular flexibility index (Phi) is 3.20. The van der Waals surface area contributed by atoms with Crippen molar-refractivity contribution in [3.63, 3.8) is 0 Å². The van der Waals surface area contributed by atoms with E-state index in [1.165, 1.54) is 0 Å². The van der Waals surface area contributed by atoms with E-state index in [0.717, 1.165) is 27.1 Å². The van der Waals surface area contributed by atoms with Gasteiger partial charge in [0.05, 0.1) is 4.91 Å². The average molecular weight is 280 g/mol. The first-order chi connectivity index (χ1) is 9.66. The predicted molar refractivity (Wildman–Crippen MR) is 86.1 cm³/mol. The molecule has 1 N–H and O–H groups in total. The Balaban J connectivity index is 2.41. The van der Waals surface area contributed by atoms with Crippen molar-refractivity contribution < 1.29 is 9.90 Å². The van der Waals surface area contributed by atoms with E-state index in [1.807, 2.05) is 48.5 Å². The second-order valence-corrected chi connectivity index (χ2v) is 5.05. The van der Waals surface area contributed by atoms with Crippen molar-refractivity contribution in [1.82, 2.24) is 0 Å². The molecule has 0 bridgehead atoms. The van der Waals surface area contributed by atoms with Gasteiger partial charge in [-0.3, -0.25) is 0 Å². The minimum absolute atomic E-state index is 0.0328. The summed E-state index contributed by atoms with van der Waals surface area (Å²) in [7, 11) is 0. The van der Waals surface area contributed by atoms with Gasteiger partial charge < -0.3 is 5.11 Å². The first kappa shape index (κ1) is 12.8. The lowest BCUT2D eigenvalue weighted by Gasteiger charge is -2.08. The second-order valence-electron chi connectivity index (χ2n) is 4.57. The summed E-state index contributed by atoms with van der Waals surface area (Å²) in [5.74, 6) is -1.02. The number of hydrogen-bond donors (Lipinski definition) is 2. The van der Waals surface area contributed by atoms with Crippen molar-refractivity contribution in [3.8, 4) is 0 Å². The first-order valence-electron chi connectivity index (χ1n) is 6.21. The van der Waals surface area contributed by atoms with Gasteiger partial charge >= 0.3 is 5.97 Å². The Hall–Kier alpha value is -2.26. The van der Waals surface area contributed by atoms with Gasteiger partial charge in [0, 0.05) is 0 Å². The van der Waals surface area contributed by atoms with Crippen LogP contribution in [0.3, 0.4) is 0 Å². The number of carbonyl (C=O) groups is 1. The van der Waals surface area contributed by atoms with Gasteiger partial charge in [-0.1, -0.05) is 48.5 Å². The molecule has 0 saturated carbocycles. The summed E-state index contributed by atoms with van der Waals surface area (Å²) in [5, 5.41) is 13.4. The fraction of sp³-hybridized carbons (Fsp3) is 0. The molecule has 0 fully saturated rings. The standard InChI is InChI=1S/C17H12O2S/c18-17(19)16(20)10-12-9-11-5-1-2-6-13(11)15-8-4-3-7-14(12)15/h1-10,20H,(H,18,19). The Bertz CT molecular complexity index is 850. The van der Waals surface area contributed by atoms with Gasteiger partial charge in [0.25, 0.3) is 0 Å². The Labute approximate surface area is 121 Å². The van der Waals surface area contributed by atoms with E-state index in [0.29, 0.717) is 0 Å². The molecule has 0 radical (unpaired) electrons. The topological polar surface area (TPSA) is 37.3 Å². The van der Waals surface area contributed by atoms with Gasteiger partial charge in [0.2, 0.25) is 0 Å². The fourth-order valence-corrected chi connectivity index (χ4v) is 2.55. The molecular formula is C17H12O2S. The molecule has 0 aromatic heterocycles. The first-order valence-corrected chi connectivity index (χ1v) is 6.66. The zero-order valence-electron chi connectivity index (χ0n) is 10.6. The number of fused-ring (bicyclic) bond motifs is 3. The Morgan fingerprint density at radius 1 is 0.950 bits per heavy atom. The minimum atomic E-state index is -1.02. The Morgan fingerprint density at radius 3 is 2.25 bits per heavy atom. The summed E-state index contributed by atoms with van der Waals surface area (Å²) in [4.78, 5) is 11.0. The number of hydrogen-bond acceptors (Lipinski definition) is 2. The van der Waals surface area contributed by atoms with Crippen LogP contribution in [0.4, 0.5) is 0 Å². The van der Waals surface area contributed by atoms with Crippen LogP contribution in [-0.2, 0) is 4.79 Å². The molecule has 0 aliphatic rings. The summed E-state index contributed by atoms with van der Waals surface area (Å²) >= 11 is 4.02. The summed E-state index contributed by atoms with van der Waals surface area (Å²) in [6.45, 7) is 0. The lowest BCUT2D eigenvalue weighted by molar-refractivity contribution is -0.131. The normalized spacial score (nSPS) is 11.9. The predicted octanol–water partition coefficient (Wildman–Crippen LogP) is 4.35. The van der Waals surface area contributed by atoms with E-state index in [4.69, 9.17) is 5.11 Å². The molecule has 3 heteroatoms. The van der Waals surface area contributed by atoms with E-state index in [9.17, 15) is 4.79 Å². The molecule has 0 spiro atoms. The van der Waals surface area contributed by atoms with Gasteiger partial charge in [-0.05, 0) is 39.3 Å². The smallest absolute Gasteiger partial charge is 0.341 e. The number of thiol groups is 1. The molecule has 20 heavy (non-hydrogen) atoms. The number of carboxylic acid groups (broad SMARTS) is 1. The zero-order chi connectivity index (χ0) is 14.1. The van der Waals surface area contributed by atoms with Crippen LogP contribution in [0.25, 0.3) is 27.6 Å². The third-order valence-electron chi connectivity index (χ3n) is 3.31. The van der Waals surface area contributed by atoms with Crippen molar-refractivity contribution in [3.05, 3.63) is 65.1 Å². The quantitative estimate of drug-likeness (QED) is 0.416. The molecule has 0 atom stereocenters. The maximum atomic E-state index is 11.0. The van der Waals surface area contributed by atoms with Crippen molar-refractivity contribution in [2.24, 2.45) is 0 Å². The zero-order valence-corrected chi connectivity index (χ0v) is 11.5. The summed E-state index contributed by atoms with van der Waals surface area (Å²) in [5.41, 5.74) is 0.867. The molecule has 3 rings (SSSR count). The lowest BCUT2D eigenvalue weighted by Crippen LogP contribution is -1.93. The number of carboxylic acids is 1. The van der Waals surface area contributed by atoms with Gasteiger partial charge in [-0.15, -0.1) is 12.6 Å². The summed E-state index contributed by atoms with van der Waals surface area (Å²) < 4.78 is 0. The van der Waals surface area contributed by atoms with E-state index in [2.05, 4.69) is 18.7 Å². The van der Waals surface area contributed by atoms with Crippen LogP contribution in [0.15, 0.2) is 59.5 Å². The highest BCUT2D eigenvalue weighted by Gasteiger charge is 2.07. The van der Waals surface area contributed by atoms with Crippen LogP contribution in [0.2, 0.25) is 0 Å². The SMILES string of the molecule is O=C(O)C(S)=Cc1cc2ccccc2c2ccccc12. The van der Waals surface area contributed by atoms with Crippen LogP contribution >= 0.6 is 12.6 Å². The molecule has 0 unspecified atom stereocenters. The summed E-state index contributed by atoms with van der Waals surface area (Å²) in [6.07, 6.45) is 1.60. The van der Waals surface area contributed by atoms with Gasteiger partial charge in [0.15, 0.2) is 0 Å². The van der Waals surface area contributed by atoms with Crippen molar-refractivity contribution in [2.75, 3.05) is 0 Å². The molecule has 3 aromatic rings. The van der Waals surface area contributed by atoms with Crippen molar-refractivity contribution in [1.29, 1.82) is 0 Å². The monoisotopic (exact) mass is 280 g/mol. The summed E-state index contributed by atoms with van der Waals surface area (Å²) in [6, 6.07) is 18.1. The molecule has 98 valence electrons. The molecule has 0 aliphatic heterocycles.